The first-order chi connectivity index (χ1) is 12.4. The Morgan fingerprint density at radius 2 is 2.11 bits per heavy atom. The van der Waals surface area contributed by atoms with Gasteiger partial charge in [0.15, 0.2) is 11.6 Å². The van der Waals surface area contributed by atoms with Crippen LogP contribution in [0.1, 0.15) is 39.2 Å². The first-order valence-corrected chi connectivity index (χ1v) is 9.17. The third-order valence-electron chi connectivity index (χ3n) is 4.50. The van der Waals surface area contributed by atoms with Gasteiger partial charge in [0.2, 0.25) is 0 Å². The molecule has 0 radical (unpaired) electrons. The molecule has 1 N–H and O–H groups in total. The van der Waals surface area contributed by atoms with Gasteiger partial charge in [-0.3, -0.25) is 0 Å². The molecule has 1 heterocycles. The fourth-order valence-corrected chi connectivity index (χ4v) is 2.81. The summed E-state index contributed by atoms with van der Waals surface area (Å²) < 4.78 is 39.1. The van der Waals surface area contributed by atoms with Crippen molar-refractivity contribution in [1.82, 2.24) is 10.2 Å². The quantitative estimate of drug-likeness (QED) is 0.739. The smallest absolute Gasteiger partial charge is 0.410 e. The minimum atomic E-state index is -0.811. The third-order valence-corrected chi connectivity index (χ3v) is 4.50. The van der Waals surface area contributed by atoms with Crippen molar-refractivity contribution >= 4 is 18.5 Å². The van der Waals surface area contributed by atoms with Gasteiger partial charge in [-0.25, -0.2) is 13.6 Å². The Morgan fingerprint density at radius 3 is 2.78 bits per heavy atom. The van der Waals surface area contributed by atoms with Crippen LogP contribution in [0.4, 0.5) is 13.6 Å². The number of rotatable bonds is 7. The molecule has 1 aromatic rings. The van der Waals surface area contributed by atoms with Gasteiger partial charge in [-0.05, 0) is 30.9 Å². The summed E-state index contributed by atoms with van der Waals surface area (Å²) in [6, 6.07) is 2.42. The SMILES string of the molecule is CCC1CNCCN1C(=O)OCc1c(F)ccc(OCCC(C)C)c1F.Cl. The molecule has 1 amide bonds. The zero-order valence-corrected chi connectivity index (χ0v) is 16.9. The van der Waals surface area contributed by atoms with Gasteiger partial charge in [-0.2, -0.15) is 0 Å². The van der Waals surface area contributed by atoms with Gasteiger partial charge in [-0.1, -0.05) is 20.8 Å². The normalized spacial score (nSPS) is 16.8. The minimum absolute atomic E-state index is 0. The molecular formula is C19H29ClF2N2O3. The zero-order chi connectivity index (χ0) is 19.1. The molecule has 1 aliphatic heterocycles. The van der Waals surface area contributed by atoms with Gasteiger partial charge in [0.1, 0.15) is 12.4 Å². The fraction of sp³-hybridized carbons (Fsp3) is 0.632. The highest BCUT2D eigenvalue weighted by Gasteiger charge is 2.27. The van der Waals surface area contributed by atoms with E-state index in [0.717, 1.165) is 18.9 Å². The number of benzene rings is 1. The van der Waals surface area contributed by atoms with Crippen molar-refractivity contribution in [2.24, 2.45) is 5.92 Å². The average molecular weight is 407 g/mol. The summed E-state index contributed by atoms with van der Waals surface area (Å²) in [7, 11) is 0. The number of piperazine rings is 1. The van der Waals surface area contributed by atoms with Crippen molar-refractivity contribution in [1.29, 1.82) is 0 Å². The highest BCUT2D eigenvalue weighted by molar-refractivity contribution is 5.85. The molecule has 1 saturated heterocycles. The van der Waals surface area contributed by atoms with Crippen LogP contribution >= 0.6 is 12.4 Å². The topological polar surface area (TPSA) is 50.8 Å². The molecular weight excluding hydrogens is 378 g/mol. The second-order valence-corrected chi connectivity index (χ2v) is 6.88. The molecule has 2 rings (SSSR count). The van der Waals surface area contributed by atoms with Crippen LogP contribution in [0.25, 0.3) is 0 Å². The number of ether oxygens (including phenoxy) is 2. The van der Waals surface area contributed by atoms with Crippen LogP contribution in [-0.2, 0) is 11.3 Å². The number of carbonyl (C=O) groups is 1. The van der Waals surface area contributed by atoms with Gasteiger partial charge in [0, 0.05) is 25.7 Å². The van der Waals surface area contributed by atoms with E-state index in [-0.39, 0.29) is 29.8 Å². The molecule has 0 aliphatic carbocycles. The molecule has 1 atom stereocenters. The van der Waals surface area contributed by atoms with Crippen LogP contribution < -0.4 is 10.1 Å². The van der Waals surface area contributed by atoms with E-state index in [0.29, 0.717) is 32.2 Å². The lowest BCUT2D eigenvalue weighted by Gasteiger charge is -2.34. The Hall–Kier alpha value is -1.60. The Morgan fingerprint density at radius 1 is 1.37 bits per heavy atom. The minimum Gasteiger partial charge on any atom is -0.490 e. The lowest BCUT2D eigenvalue weighted by Crippen LogP contribution is -2.53. The van der Waals surface area contributed by atoms with E-state index in [4.69, 9.17) is 9.47 Å². The lowest BCUT2D eigenvalue weighted by molar-refractivity contribution is 0.0697. The van der Waals surface area contributed by atoms with Gasteiger partial charge in [-0.15, -0.1) is 12.4 Å². The average Bonchev–Trinajstić information content (AvgIpc) is 2.63. The predicted molar refractivity (Wildman–Crippen MR) is 102 cm³/mol. The molecule has 0 spiro atoms. The van der Waals surface area contributed by atoms with Crippen molar-refractivity contribution in [2.75, 3.05) is 26.2 Å². The number of hydrogen-bond acceptors (Lipinski definition) is 4. The lowest BCUT2D eigenvalue weighted by atomic mass is 10.1. The second kappa shape index (κ2) is 11.3. The van der Waals surface area contributed by atoms with Crippen LogP contribution in [-0.4, -0.2) is 43.3 Å². The molecule has 1 aliphatic rings. The highest BCUT2D eigenvalue weighted by Crippen LogP contribution is 2.25. The first kappa shape index (κ1) is 23.4. The molecule has 1 aromatic carbocycles. The molecule has 1 fully saturated rings. The molecule has 0 bridgehead atoms. The molecule has 8 heteroatoms. The maximum atomic E-state index is 14.5. The Labute approximate surface area is 165 Å². The van der Waals surface area contributed by atoms with Crippen molar-refractivity contribution in [2.45, 2.75) is 46.3 Å². The number of halogens is 3. The van der Waals surface area contributed by atoms with Crippen molar-refractivity contribution in [3.63, 3.8) is 0 Å². The number of amides is 1. The molecule has 27 heavy (non-hydrogen) atoms. The van der Waals surface area contributed by atoms with E-state index in [1.807, 2.05) is 20.8 Å². The van der Waals surface area contributed by atoms with Gasteiger partial charge < -0.3 is 19.7 Å². The predicted octanol–water partition coefficient (Wildman–Crippen LogP) is 4.13. The van der Waals surface area contributed by atoms with Crippen LogP contribution in [0.5, 0.6) is 5.75 Å². The highest BCUT2D eigenvalue weighted by atomic mass is 35.5. The fourth-order valence-electron chi connectivity index (χ4n) is 2.81. The van der Waals surface area contributed by atoms with E-state index in [9.17, 15) is 13.6 Å². The van der Waals surface area contributed by atoms with E-state index in [2.05, 4.69) is 5.32 Å². The molecule has 5 nitrogen and oxygen atoms in total. The number of carbonyl (C=O) groups excluding carboxylic acids is 1. The summed E-state index contributed by atoms with van der Waals surface area (Å²) in [6.45, 7) is 7.82. The summed E-state index contributed by atoms with van der Waals surface area (Å²) in [5, 5.41) is 3.21. The Balaban J connectivity index is 0.00000364. The molecule has 1 unspecified atom stereocenters. The number of nitrogens with zero attached hydrogens (tertiary/aromatic N) is 1. The molecule has 154 valence electrons. The standard InChI is InChI=1S/C19H28F2N2O3.ClH/c1-4-14-11-22-8-9-23(14)19(24)26-12-15-16(20)5-6-17(18(15)21)25-10-7-13(2)3;/h5-6,13-14,22H,4,7-12H2,1-3H3;1H. The van der Waals surface area contributed by atoms with Crippen molar-refractivity contribution < 1.29 is 23.0 Å². The van der Waals surface area contributed by atoms with E-state index >= 15 is 0 Å². The van der Waals surface area contributed by atoms with Gasteiger partial charge in [0.25, 0.3) is 0 Å². The summed E-state index contributed by atoms with van der Waals surface area (Å²) in [4.78, 5) is 13.9. The van der Waals surface area contributed by atoms with Gasteiger partial charge >= 0.3 is 6.09 Å². The maximum Gasteiger partial charge on any atom is 0.410 e. The van der Waals surface area contributed by atoms with E-state index in [1.54, 1.807) is 4.90 Å². The van der Waals surface area contributed by atoms with Gasteiger partial charge in [0.05, 0.1) is 12.2 Å². The largest absolute Gasteiger partial charge is 0.490 e. The molecule has 0 aromatic heterocycles. The molecule has 0 saturated carbocycles. The van der Waals surface area contributed by atoms with Crippen molar-refractivity contribution in [3.8, 4) is 5.75 Å². The van der Waals surface area contributed by atoms with Crippen LogP contribution in [0, 0.1) is 17.6 Å². The third kappa shape index (κ3) is 6.50. The summed E-state index contributed by atoms with van der Waals surface area (Å²) in [5.74, 6) is -1.16. The van der Waals surface area contributed by atoms with E-state index < -0.39 is 24.3 Å². The summed E-state index contributed by atoms with van der Waals surface area (Å²) in [5.41, 5.74) is -0.288. The summed E-state index contributed by atoms with van der Waals surface area (Å²) in [6.07, 6.45) is 0.996. The number of hydrogen-bond donors (Lipinski definition) is 1. The van der Waals surface area contributed by atoms with Crippen LogP contribution in [0.3, 0.4) is 0 Å². The zero-order valence-electron chi connectivity index (χ0n) is 16.1. The van der Waals surface area contributed by atoms with Crippen LogP contribution in [0.2, 0.25) is 0 Å². The van der Waals surface area contributed by atoms with E-state index in [1.165, 1.54) is 6.07 Å². The van der Waals surface area contributed by atoms with Crippen LogP contribution in [0.15, 0.2) is 12.1 Å². The Kier molecular flexibility index (Phi) is 9.80. The first-order valence-electron chi connectivity index (χ1n) is 9.17. The summed E-state index contributed by atoms with van der Waals surface area (Å²) >= 11 is 0. The maximum absolute atomic E-state index is 14.5. The number of nitrogens with one attached hydrogen (secondary N) is 1. The monoisotopic (exact) mass is 406 g/mol. The van der Waals surface area contributed by atoms with Crippen molar-refractivity contribution in [3.05, 3.63) is 29.3 Å². The second-order valence-electron chi connectivity index (χ2n) is 6.88. The Bertz CT molecular complexity index is 617.